The topological polar surface area (TPSA) is 81.2 Å². The Kier molecular flexibility index (Phi) is 7.74. The van der Waals surface area contributed by atoms with Crippen LogP contribution in [0.3, 0.4) is 0 Å². The fraction of sp³-hybridized carbons (Fsp3) is 0.786. The van der Waals surface area contributed by atoms with Gasteiger partial charge in [-0.1, -0.05) is 6.92 Å². The van der Waals surface area contributed by atoms with Crippen LogP contribution in [0.4, 0.5) is 11.9 Å². The Morgan fingerprint density at radius 3 is 2.24 bits per heavy atom. The molecule has 0 aliphatic heterocycles. The highest BCUT2D eigenvalue weighted by Crippen LogP contribution is 2.12. The van der Waals surface area contributed by atoms with E-state index in [1.165, 1.54) is 0 Å². The van der Waals surface area contributed by atoms with Crippen LogP contribution < -0.4 is 15.4 Å². The first kappa shape index (κ1) is 17.4. The number of aromatic nitrogens is 3. The molecular weight excluding hydrogens is 270 g/mol. The number of nitrogens with zero attached hydrogens (tertiary/aromatic N) is 3. The summed E-state index contributed by atoms with van der Waals surface area (Å²) in [5, 5.41) is 6.30. The molecule has 1 rings (SSSR count). The summed E-state index contributed by atoms with van der Waals surface area (Å²) in [5.74, 6) is 1.01. The molecule has 0 aliphatic rings. The van der Waals surface area contributed by atoms with Gasteiger partial charge in [0.15, 0.2) is 0 Å². The summed E-state index contributed by atoms with van der Waals surface area (Å²) in [4.78, 5) is 12.8. The van der Waals surface area contributed by atoms with Gasteiger partial charge in [0, 0.05) is 19.7 Å². The van der Waals surface area contributed by atoms with Crippen molar-refractivity contribution in [2.45, 2.75) is 53.2 Å². The molecule has 1 atom stereocenters. The molecule has 7 heteroatoms. The van der Waals surface area contributed by atoms with Gasteiger partial charge in [0.05, 0.1) is 12.2 Å². The van der Waals surface area contributed by atoms with Gasteiger partial charge in [0.25, 0.3) is 0 Å². The highest BCUT2D eigenvalue weighted by Gasteiger charge is 2.10. The van der Waals surface area contributed by atoms with Crippen molar-refractivity contribution >= 4 is 11.9 Å². The smallest absolute Gasteiger partial charge is 0.323 e. The van der Waals surface area contributed by atoms with E-state index in [9.17, 15) is 0 Å². The highest BCUT2D eigenvalue weighted by molar-refractivity contribution is 5.35. The van der Waals surface area contributed by atoms with Gasteiger partial charge in [-0.15, -0.1) is 0 Å². The number of anilines is 2. The van der Waals surface area contributed by atoms with Crippen LogP contribution in [0.15, 0.2) is 0 Å². The molecule has 7 nitrogen and oxygen atoms in total. The van der Waals surface area contributed by atoms with E-state index in [0.29, 0.717) is 31.1 Å². The largest absolute Gasteiger partial charge is 0.461 e. The van der Waals surface area contributed by atoms with Gasteiger partial charge in [-0.2, -0.15) is 15.0 Å². The van der Waals surface area contributed by atoms with E-state index >= 15 is 0 Å². The van der Waals surface area contributed by atoms with Crippen molar-refractivity contribution < 1.29 is 9.47 Å². The molecule has 0 spiro atoms. The molecule has 2 N–H and O–H groups in total. The monoisotopic (exact) mass is 297 g/mol. The van der Waals surface area contributed by atoms with Crippen LogP contribution >= 0.6 is 0 Å². The summed E-state index contributed by atoms with van der Waals surface area (Å²) < 4.78 is 11.0. The lowest BCUT2D eigenvalue weighted by atomic mass is 10.4. The van der Waals surface area contributed by atoms with Gasteiger partial charge in [0.2, 0.25) is 11.9 Å². The van der Waals surface area contributed by atoms with Crippen molar-refractivity contribution in [2.75, 3.05) is 30.3 Å². The fourth-order valence-electron chi connectivity index (χ4n) is 1.59. The maximum Gasteiger partial charge on any atom is 0.323 e. The van der Waals surface area contributed by atoms with Crippen LogP contribution in [0.25, 0.3) is 0 Å². The zero-order valence-electron chi connectivity index (χ0n) is 13.6. The van der Waals surface area contributed by atoms with Crippen molar-refractivity contribution in [3.8, 4) is 6.01 Å². The predicted molar refractivity (Wildman–Crippen MR) is 83.9 cm³/mol. The van der Waals surface area contributed by atoms with Crippen LogP contribution in [-0.4, -0.2) is 46.9 Å². The molecule has 0 aromatic carbocycles. The van der Waals surface area contributed by atoms with Crippen LogP contribution in [0, 0.1) is 0 Å². The number of ether oxygens (including phenoxy) is 2. The van der Waals surface area contributed by atoms with Gasteiger partial charge in [-0.25, -0.2) is 0 Å². The maximum atomic E-state index is 5.56. The third-order valence-corrected chi connectivity index (χ3v) is 2.49. The summed E-state index contributed by atoms with van der Waals surface area (Å²) in [5.41, 5.74) is 0. The Labute approximate surface area is 126 Å². The zero-order chi connectivity index (χ0) is 15.7. The number of nitrogens with one attached hydrogen (secondary N) is 2. The van der Waals surface area contributed by atoms with Crippen LogP contribution in [0.2, 0.25) is 0 Å². The number of rotatable bonds is 10. The van der Waals surface area contributed by atoms with E-state index < -0.39 is 0 Å². The van der Waals surface area contributed by atoms with E-state index in [4.69, 9.17) is 9.47 Å². The Morgan fingerprint density at radius 1 is 1.00 bits per heavy atom. The number of hydrogen-bond donors (Lipinski definition) is 2. The van der Waals surface area contributed by atoms with Crippen LogP contribution in [-0.2, 0) is 4.74 Å². The second-order valence-corrected chi connectivity index (χ2v) is 5.01. The second-order valence-electron chi connectivity index (χ2n) is 5.01. The van der Waals surface area contributed by atoms with Crippen molar-refractivity contribution in [1.29, 1.82) is 0 Å². The van der Waals surface area contributed by atoms with Gasteiger partial charge < -0.3 is 20.1 Å². The summed E-state index contributed by atoms with van der Waals surface area (Å²) in [6, 6.07) is 0.324. The minimum atomic E-state index is 0.0154. The molecule has 0 saturated heterocycles. The molecule has 0 radical (unpaired) electrons. The molecule has 0 fully saturated rings. The molecule has 21 heavy (non-hydrogen) atoms. The molecule has 1 unspecified atom stereocenters. The van der Waals surface area contributed by atoms with Crippen molar-refractivity contribution in [1.82, 2.24) is 15.0 Å². The first-order valence-electron chi connectivity index (χ1n) is 7.57. The quantitative estimate of drug-likeness (QED) is 0.686. The summed E-state index contributed by atoms with van der Waals surface area (Å²) in [6.07, 6.45) is 1.10. The lowest BCUT2D eigenvalue weighted by molar-refractivity contribution is 0.0854. The summed E-state index contributed by atoms with van der Waals surface area (Å²) >= 11 is 0. The van der Waals surface area contributed by atoms with Crippen LogP contribution in [0.5, 0.6) is 6.01 Å². The molecule has 0 aliphatic carbocycles. The van der Waals surface area contributed by atoms with E-state index in [2.05, 4.69) is 32.5 Å². The second kappa shape index (κ2) is 9.33. The molecule has 1 aromatic rings. The average Bonchev–Trinajstić information content (AvgIpc) is 2.42. The first-order chi connectivity index (χ1) is 10.0. The maximum absolute atomic E-state index is 5.56. The normalized spacial score (nSPS) is 12.3. The Balaban J connectivity index is 2.75. The van der Waals surface area contributed by atoms with Crippen molar-refractivity contribution in [2.24, 2.45) is 0 Å². The lowest BCUT2D eigenvalue weighted by Gasteiger charge is -2.14. The predicted octanol–water partition coefficient (Wildman–Crippen LogP) is 2.32. The Hall–Kier alpha value is -1.63. The standard InChI is InChI=1S/C14H27N5O2/c1-6-8-15-12-17-13(16-9-11(5)20-7-2)19-14(18-12)21-10(3)4/h10-11H,6-9H2,1-5H3,(H2,15,16,17,18,19). The SMILES string of the molecule is CCCNc1nc(NCC(C)OCC)nc(OC(C)C)n1. The van der Waals surface area contributed by atoms with E-state index in [0.717, 1.165) is 13.0 Å². The lowest BCUT2D eigenvalue weighted by Crippen LogP contribution is -2.22. The van der Waals surface area contributed by atoms with Crippen molar-refractivity contribution in [3.63, 3.8) is 0 Å². The molecule has 0 bridgehead atoms. The average molecular weight is 297 g/mol. The molecule has 0 amide bonds. The number of hydrogen-bond acceptors (Lipinski definition) is 7. The minimum absolute atomic E-state index is 0.0154. The summed E-state index contributed by atoms with van der Waals surface area (Å²) in [6.45, 7) is 12.1. The Bertz CT molecular complexity index is 414. The van der Waals surface area contributed by atoms with Gasteiger partial charge in [0.1, 0.15) is 0 Å². The molecule has 120 valence electrons. The molecular formula is C14H27N5O2. The minimum Gasteiger partial charge on any atom is -0.461 e. The van der Waals surface area contributed by atoms with E-state index in [1.54, 1.807) is 0 Å². The van der Waals surface area contributed by atoms with Gasteiger partial charge in [-0.05, 0) is 34.1 Å². The van der Waals surface area contributed by atoms with Crippen LogP contribution in [0.1, 0.15) is 41.0 Å². The van der Waals surface area contributed by atoms with E-state index in [1.807, 2.05) is 27.7 Å². The third-order valence-electron chi connectivity index (χ3n) is 2.49. The third kappa shape index (κ3) is 7.08. The molecule has 0 saturated carbocycles. The van der Waals surface area contributed by atoms with Gasteiger partial charge in [-0.3, -0.25) is 0 Å². The molecule has 1 heterocycles. The van der Waals surface area contributed by atoms with Crippen molar-refractivity contribution in [3.05, 3.63) is 0 Å². The zero-order valence-corrected chi connectivity index (χ0v) is 13.6. The van der Waals surface area contributed by atoms with E-state index in [-0.39, 0.29) is 12.2 Å². The fourth-order valence-corrected chi connectivity index (χ4v) is 1.59. The molecule has 1 aromatic heterocycles. The summed E-state index contributed by atoms with van der Waals surface area (Å²) in [7, 11) is 0. The van der Waals surface area contributed by atoms with Gasteiger partial charge >= 0.3 is 6.01 Å². The first-order valence-corrected chi connectivity index (χ1v) is 7.57. The Morgan fingerprint density at radius 2 is 1.67 bits per heavy atom. The highest BCUT2D eigenvalue weighted by atomic mass is 16.5.